The van der Waals surface area contributed by atoms with Crippen molar-refractivity contribution < 1.29 is 19.1 Å². The highest BCUT2D eigenvalue weighted by molar-refractivity contribution is 5.67. The minimum absolute atomic E-state index is 0.162. The molecule has 1 atom stereocenters. The molecule has 0 saturated heterocycles. The Bertz CT molecular complexity index is 931. The molecule has 3 aromatic rings. The number of nitrogens with one attached hydrogen (secondary N) is 1. The smallest absolute Gasteiger partial charge is 0.408 e. The molecule has 1 heterocycles. The Kier molecular flexibility index (Phi) is 6.16. The first kappa shape index (κ1) is 20.4. The van der Waals surface area contributed by atoms with Crippen LogP contribution in [-0.4, -0.2) is 21.4 Å². The van der Waals surface area contributed by atoms with Crippen molar-refractivity contribution in [3.8, 4) is 5.75 Å². The van der Waals surface area contributed by atoms with Crippen molar-refractivity contribution in [3.63, 3.8) is 0 Å². The Labute approximate surface area is 169 Å². The molecule has 152 valence electrons. The van der Waals surface area contributed by atoms with Gasteiger partial charge in [0.2, 0.25) is 11.8 Å². The number of alkyl carbamates (subject to hydrolysis) is 1. The minimum atomic E-state index is -0.576. The maximum Gasteiger partial charge on any atom is 0.408 e. The quantitative estimate of drug-likeness (QED) is 0.646. The normalized spacial score (nSPS) is 12.4. The Hall–Kier alpha value is -3.35. The number of rotatable bonds is 6. The van der Waals surface area contributed by atoms with Gasteiger partial charge in [-0.1, -0.05) is 63.2 Å². The van der Waals surface area contributed by atoms with E-state index in [1.807, 2.05) is 51.1 Å². The van der Waals surface area contributed by atoms with E-state index >= 15 is 0 Å². The van der Waals surface area contributed by atoms with Crippen molar-refractivity contribution >= 4 is 6.09 Å². The summed E-state index contributed by atoms with van der Waals surface area (Å²) in [5.41, 5.74) is 1.49. The van der Waals surface area contributed by atoms with Crippen molar-refractivity contribution in [2.45, 2.75) is 45.3 Å². The van der Waals surface area contributed by atoms with Crippen LogP contribution in [-0.2, 0) is 23.2 Å². The topological polar surface area (TPSA) is 97.5 Å². The maximum atomic E-state index is 12.4. The number of hydrogen-bond acceptors (Lipinski definition) is 6. The van der Waals surface area contributed by atoms with Crippen LogP contribution in [0.2, 0.25) is 0 Å². The Morgan fingerprint density at radius 2 is 1.76 bits per heavy atom. The third kappa shape index (κ3) is 5.81. The van der Waals surface area contributed by atoms with E-state index in [0.717, 1.165) is 11.1 Å². The van der Waals surface area contributed by atoms with Crippen molar-refractivity contribution in [1.29, 1.82) is 0 Å². The van der Waals surface area contributed by atoms with Gasteiger partial charge in [0, 0.05) is 11.8 Å². The molecular weight excluding hydrogens is 370 g/mol. The molecular formula is C22H25N3O4. The number of phenols is 1. The summed E-state index contributed by atoms with van der Waals surface area (Å²) < 4.78 is 11.2. The van der Waals surface area contributed by atoms with Crippen LogP contribution in [0, 0.1) is 0 Å². The summed E-state index contributed by atoms with van der Waals surface area (Å²) in [6, 6.07) is 15.6. The van der Waals surface area contributed by atoms with Crippen LogP contribution in [0.5, 0.6) is 5.75 Å². The van der Waals surface area contributed by atoms with Crippen LogP contribution < -0.4 is 5.32 Å². The number of aromatic nitrogens is 2. The summed E-state index contributed by atoms with van der Waals surface area (Å²) in [6.07, 6.45) is -0.167. The molecule has 1 amide bonds. The van der Waals surface area contributed by atoms with Crippen LogP contribution in [0.15, 0.2) is 59.0 Å². The molecule has 0 saturated carbocycles. The van der Waals surface area contributed by atoms with Crippen molar-refractivity contribution in [2.24, 2.45) is 0 Å². The Morgan fingerprint density at radius 3 is 2.38 bits per heavy atom. The molecule has 1 unspecified atom stereocenters. The molecule has 1 aromatic heterocycles. The molecule has 2 aromatic carbocycles. The summed E-state index contributed by atoms with van der Waals surface area (Å²) in [4.78, 5) is 12.4. The highest BCUT2D eigenvalue weighted by Crippen LogP contribution is 2.25. The fraction of sp³-hybridized carbons (Fsp3) is 0.318. The first-order valence-electron chi connectivity index (χ1n) is 9.40. The van der Waals surface area contributed by atoms with E-state index in [-0.39, 0.29) is 17.8 Å². The molecule has 29 heavy (non-hydrogen) atoms. The molecule has 0 aliphatic rings. The first-order chi connectivity index (χ1) is 13.8. The number of carbonyl (C=O) groups excluding carboxylic acids is 1. The largest absolute Gasteiger partial charge is 0.508 e. The molecule has 2 N–H and O–H groups in total. The monoisotopic (exact) mass is 395 g/mol. The molecule has 7 heteroatoms. The standard InChI is InChI=1S/C22H25N3O4/c1-22(2,3)20-25-24-19(29-20)18(13-15-9-11-17(26)12-10-15)23-21(27)28-14-16-7-5-4-6-8-16/h4-12,18,26H,13-14H2,1-3H3,(H,23,27). The molecule has 0 aliphatic heterocycles. The van der Waals surface area contributed by atoms with Crippen molar-refractivity contribution in [2.75, 3.05) is 0 Å². The number of phenolic OH excluding ortho intramolecular Hbond substituents is 1. The van der Waals surface area contributed by atoms with E-state index in [9.17, 15) is 9.90 Å². The van der Waals surface area contributed by atoms with Crippen molar-refractivity contribution in [3.05, 3.63) is 77.5 Å². The number of amides is 1. The van der Waals surface area contributed by atoms with Gasteiger partial charge in [0.05, 0.1) is 0 Å². The van der Waals surface area contributed by atoms with Gasteiger partial charge in [-0.3, -0.25) is 0 Å². The van der Waals surface area contributed by atoms with Gasteiger partial charge in [-0.25, -0.2) is 4.79 Å². The SMILES string of the molecule is CC(C)(C)c1nnc(C(Cc2ccc(O)cc2)NC(=O)OCc2ccccc2)o1. The molecule has 0 aliphatic carbocycles. The molecule has 3 rings (SSSR count). The third-order valence-electron chi connectivity index (χ3n) is 4.26. The van der Waals surface area contributed by atoms with E-state index in [1.54, 1.807) is 24.3 Å². The number of hydrogen-bond donors (Lipinski definition) is 2. The number of carbonyl (C=O) groups is 1. The minimum Gasteiger partial charge on any atom is -0.508 e. The zero-order valence-electron chi connectivity index (χ0n) is 16.8. The second-order valence-electron chi connectivity index (χ2n) is 7.82. The predicted molar refractivity (Wildman–Crippen MR) is 107 cm³/mol. The Morgan fingerprint density at radius 1 is 1.07 bits per heavy atom. The lowest BCUT2D eigenvalue weighted by Gasteiger charge is -2.16. The molecule has 0 fully saturated rings. The van der Waals surface area contributed by atoms with Gasteiger partial charge in [0.25, 0.3) is 0 Å². The lowest BCUT2D eigenvalue weighted by Crippen LogP contribution is -2.30. The first-order valence-corrected chi connectivity index (χ1v) is 9.40. The molecule has 7 nitrogen and oxygen atoms in total. The van der Waals surface area contributed by atoms with E-state index in [0.29, 0.717) is 18.2 Å². The van der Waals surface area contributed by atoms with E-state index in [1.165, 1.54) is 0 Å². The highest BCUT2D eigenvalue weighted by Gasteiger charge is 2.26. The van der Waals surface area contributed by atoms with Gasteiger partial charge in [-0.15, -0.1) is 10.2 Å². The fourth-order valence-electron chi connectivity index (χ4n) is 2.65. The second-order valence-corrected chi connectivity index (χ2v) is 7.82. The summed E-state index contributed by atoms with van der Waals surface area (Å²) in [6.45, 7) is 6.08. The van der Waals surface area contributed by atoms with Gasteiger partial charge < -0.3 is 19.6 Å². The van der Waals surface area contributed by atoms with Gasteiger partial charge in [-0.05, 0) is 23.3 Å². The lowest BCUT2D eigenvalue weighted by molar-refractivity contribution is 0.133. The van der Waals surface area contributed by atoms with Crippen molar-refractivity contribution in [1.82, 2.24) is 15.5 Å². The van der Waals surface area contributed by atoms with Crippen LogP contribution in [0.1, 0.15) is 49.7 Å². The molecule has 0 bridgehead atoms. The van der Waals surface area contributed by atoms with Crippen LogP contribution in [0.25, 0.3) is 0 Å². The van der Waals surface area contributed by atoms with Gasteiger partial charge >= 0.3 is 6.09 Å². The average Bonchev–Trinajstić information content (AvgIpc) is 3.19. The fourth-order valence-corrected chi connectivity index (χ4v) is 2.65. The number of nitrogens with zero attached hydrogens (tertiary/aromatic N) is 2. The lowest BCUT2D eigenvalue weighted by atomic mass is 9.97. The number of benzene rings is 2. The predicted octanol–water partition coefficient (Wildman–Crippen LogP) is 4.28. The Balaban J connectivity index is 1.73. The average molecular weight is 395 g/mol. The summed E-state index contributed by atoms with van der Waals surface area (Å²) in [5.74, 6) is 0.968. The third-order valence-corrected chi connectivity index (χ3v) is 4.26. The van der Waals surface area contributed by atoms with E-state index in [4.69, 9.17) is 9.15 Å². The van der Waals surface area contributed by atoms with E-state index in [2.05, 4.69) is 15.5 Å². The van der Waals surface area contributed by atoms with Gasteiger partial charge in [0.1, 0.15) is 18.4 Å². The molecule has 0 radical (unpaired) electrons. The highest BCUT2D eigenvalue weighted by atomic mass is 16.5. The van der Waals surface area contributed by atoms with Gasteiger partial charge in [0.15, 0.2) is 0 Å². The van der Waals surface area contributed by atoms with Crippen LogP contribution in [0.3, 0.4) is 0 Å². The van der Waals surface area contributed by atoms with Gasteiger partial charge in [-0.2, -0.15) is 0 Å². The number of aromatic hydroxyl groups is 1. The summed E-state index contributed by atoms with van der Waals surface area (Å²) in [5, 5.41) is 20.6. The second kappa shape index (κ2) is 8.77. The zero-order chi connectivity index (χ0) is 20.9. The van der Waals surface area contributed by atoms with Crippen LogP contribution in [0.4, 0.5) is 4.79 Å². The summed E-state index contributed by atoms with van der Waals surface area (Å²) >= 11 is 0. The maximum absolute atomic E-state index is 12.4. The molecule has 0 spiro atoms. The zero-order valence-corrected chi connectivity index (χ0v) is 16.8. The van der Waals surface area contributed by atoms with E-state index < -0.39 is 12.1 Å². The number of ether oxygens (including phenoxy) is 1. The summed E-state index contributed by atoms with van der Waals surface area (Å²) in [7, 11) is 0. The van der Waals surface area contributed by atoms with Crippen LogP contribution >= 0.6 is 0 Å².